The first-order chi connectivity index (χ1) is 6.65. The summed E-state index contributed by atoms with van der Waals surface area (Å²) in [6.45, 7) is 4.17. The molecule has 1 aromatic carbocycles. The summed E-state index contributed by atoms with van der Waals surface area (Å²) in [6, 6.07) is 8.11. The van der Waals surface area contributed by atoms with Crippen molar-refractivity contribution in [2.24, 2.45) is 5.16 Å². The topological polar surface area (TPSA) is 32.6 Å². The lowest BCUT2D eigenvalue weighted by Gasteiger charge is -2.31. The second-order valence-electron chi connectivity index (χ2n) is 3.90. The van der Waals surface area contributed by atoms with Crippen LogP contribution in [0.5, 0.6) is 0 Å². The number of hydrogen-bond acceptors (Lipinski definition) is 3. The highest BCUT2D eigenvalue weighted by atomic mass is 32.2. The highest BCUT2D eigenvalue weighted by molar-refractivity contribution is 8.00. The van der Waals surface area contributed by atoms with Gasteiger partial charge in [-0.2, -0.15) is 0 Å². The summed E-state index contributed by atoms with van der Waals surface area (Å²) >= 11 is 1.80. The second-order valence-corrected chi connectivity index (χ2v) is 5.50. The first-order valence-electron chi connectivity index (χ1n) is 4.60. The molecule has 2 nitrogen and oxygen atoms in total. The zero-order valence-corrected chi connectivity index (χ0v) is 9.14. The summed E-state index contributed by atoms with van der Waals surface area (Å²) in [7, 11) is 0. The Balaban J connectivity index is 2.57. The third-order valence-corrected chi connectivity index (χ3v) is 3.90. The molecule has 14 heavy (non-hydrogen) atoms. The van der Waals surface area contributed by atoms with Crippen LogP contribution in [0.25, 0.3) is 0 Å². The number of thioether (sulfide) groups is 1. The summed E-state index contributed by atoms with van der Waals surface area (Å²) in [6.07, 6.45) is 0. The van der Waals surface area contributed by atoms with E-state index in [2.05, 4.69) is 25.1 Å². The molecule has 0 amide bonds. The summed E-state index contributed by atoms with van der Waals surface area (Å²) < 4.78 is -0.0941. The van der Waals surface area contributed by atoms with Gasteiger partial charge in [-0.05, 0) is 19.4 Å². The zero-order valence-electron chi connectivity index (χ0n) is 8.32. The maximum atomic E-state index is 9.05. The van der Waals surface area contributed by atoms with Gasteiger partial charge in [0.05, 0.1) is 4.75 Å². The van der Waals surface area contributed by atoms with E-state index in [1.165, 1.54) is 5.56 Å². The fraction of sp³-hybridized carbons (Fsp3) is 0.364. The predicted octanol–water partition coefficient (Wildman–Crippen LogP) is 2.89. The number of fused-ring (bicyclic) bond motifs is 1. The van der Waals surface area contributed by atoms with Crippen LogP contribution in [-0.4, -0.2) is 15.7 Å². The number of nitrogens with zero attached hydrogens (tertiary/aromatic N) is 1. The van der Waals surface area contributed by atoms with Crippen LogP contribution in [0.3, 0.4) is 0 Å². The Kier molecular flexibility index (Phi) is 2.27. The van der Waals surface area contributed by atoms with Gasteiger partial charge in [-0.3, -0.25) is 0 Å². The molecule has 1 N–H and O–H groups in total. The van der Waals surface area contributed by atoms with E-state index in [0.29, 0.717) is 0 Å². The van der Waals surface area contributed by atoms with E-state index >= 15 is 0 Å². The molecule has 0 aliphatic carbocycles. The van der Waals surface area contributed by atoms with Crippen molar-refractivity contribution in [2.45, 2.75) is 24.3 Å². The van der Waals surface area contributed by atoms with Gasteiger partial charge in [-0.25, -0.2) is 0 Å². The quantitative estimate of drug-likeness (QED) is 0.524. The molecule has 1 aliphatic heterocycles. The molecular formula is C11H13NOS. The van der Waals surface area contributed by atoms with E-state index in [0.717, 1.165) is 17.0 Å². The average Bonchev–Trinajstić information content (AvgIpc) is 2.17. The molecule has 0 atom stereocenters. The molecular weight excluding hydrogens is 194 g/mol. The fourth-order valence-corrected chi connectivity index (χ4v) is 2.76. The second kappa shape index (κ2) is 3.31. The number of oxime groups is 1. The molecule has 1 aromatic rings. The first-order valence-corrected chi connectivity index (χ1v) is 5.58. The molecule has 1 heterocycles. The molecule has 0 saturated carbocycles. The average molecular weight is 207 g/mol. The lowest BCUT2D eigenvalue weighted by atomic mass is 9.95. The van der Waals surface area contributed by atoms with E-state index in [1.54, 1.807) is 11.8 Å². The summed E-state index contributed by atoms with van der Waals surface area (Å²) in [4.78, 5) is 0. The van der Waals surface area contributed by atoms with Crippen LogP contribution in [0.1, 0.15) is 25.0 Å². The smallest absolute Gasteiger partial charge is 0.103 e. The van der Waals surface area contributed by atoms with E-state index in [1.807, 2.05) is 18.2 Å². The van der Waals surface area contributed by atoms with Crippen molar-refractivity contribution in [1.29, 1.82) is 0 Å². The number of benzene rings is 1. The van der Waals surface area contributed by atoms with Gasteiger partial charge in [0, 0.05) is 11.3 Å². The molecule has 0 unspecified atom stereocenters. The Labute approximate surface area is 88.0 Å². The zero-order chi connectivity index (χ0) is 10.2. The van der Waals surface area contributed by atoms with Crippen molar-refractivity contribution in [3.05, 3.63) is 35.4 Å². The molecule has 0 aromatic heterocycles. The van der Waals surface area contributed by atoms with Crippen LogP contribution < -0.4 is 0 Å². The van der Waals surface area contributed by atoms with Gasteiger partial charge >= 0.3 is 0 Å². The predicted molar refractivity (Wildman–Crippen MR) is 60.1 cm³/mol. The van der Waals surface area contributed by atoms with Crippen molar-refractivity contribution in [3.8, 4) is 0 Å². The Morgan fingerprint density at radius 1 is 1.36 bits per heavy atom. The minimum absolute atomic E-state index is 0.0941. The highest BCUT2D eigenvalue weighted by Crippen LogP contribution is 2.38. The maximum Gasteiger partial charge on any atom is 0.103 e. The summed E-state index contributed by atoms with van der Waals surface area (Å²) in [5, 5.41) is 12.5. The standard InChI is InChI=1S/C11H13NOS/c1-11(2)10(12-13)9-6-4-3-5-8(9)7-14-11/h3-6,13H,7H2,1-2H3/b12-10-. The molecule has 0 fully saturated rings. The van der Waals surface area contributed by atoms with Crippen LogP contribution in [0, 0.1) is 0 Å². The lowest BCUT2D eigenvalue weighted by molar-refractivity contribution is 0.317. The molecule has 0 spiro atoms. The highest BCUT2D eigenvalue weighted by Gasteiger charge is 2.33. The van der Waals surface area contributed by atoms with E-state index in [4.69, 9.17) is 5.21 Å². The maximum absolute atomic E-state index is 9.05. The van der Waals surface area contributed by atoms with Gasteiger partial charge in [0.15, 0.2) is 0 Å². The van der Waals surface area contributed by atoms with Crippen LogP contribution in [0.15, 0.2) is 29.4 Å². The Hall–Kier alpha value is -0.960. The Bertz CT molecular complexity index is 385. The van der Waals surface area contributed by atoms with Crippen molar-refractivity contribution in [2.75, 3.05) is 0 Å². The fourth-order valence-electron chi connectivity index (χ4n) is 1.70. The van der Waals surface area contributed by atoms with Crippen LogP contribution in [-0.2, 0) is 5.75 Å². The van der Waals surface area contributed by atoms with Gasteiger partial charge < -0.3 is 5.21 Å². The normalized spacial score (nSPS) is 22.0. The SMILES string of the molecule is CC1(C)SCc2ccccc2/C1=N/O. The van der Waals surface area contributed by atoms with Crippen LogP contribution in [0.2, 0.25) is 0 Å². The van der Waals surface area contributed by atoms with E-state index in [-0.39, 0.29) is 4.75 Å². The molecule has 2 rings (SSSR count). The summed E-state index contributed by atoms with van der Waals surface area (Å²) in [5.41, 5.74) is 3.12. The van der Waals surface area contributed by atoms with Gasteiger partial charge in [-0.15, -0.1) is 11.8 Å². The van der Waals surface area contributed by atoms with Crippen molar-refractivity contribution >= 4 is 17.5 Å². The van der Waals surface area contributed by atoms with E-state index < -0.39 is 0 Å². The number of hydrogen-bond donors (Lipinski definition) is 1. The molecule has 1 aliphatic rings. The molecule has 0 radical (unpaired) electrons. The Morgan fingerprint density at radius 3 is 2.79 bits per heavy atom. The van der Waals surface area contributed by atoms with Gasteiger partial charge in [-0.1, -0.05) is 29.4 Å². The van der Waals surface area contributed by atoms with Crippen molar-refractivity contribution in [3.63, 3.8) is 0 Å². The monoisotopic (exact) mass is 207 g/mol. The molecule has 0 bridgehead atoms. The third kappa shape index (κ3) is 1.42. The summed E-state index contributed by atoms with van der Waals surface area (Å²) in [5.74, 6) is 0.988. The van der Waals surface area contributed by atoms with Gasteiger partial charge in [0.2, 0.25) is 0 Å². The van der Waals surface area contributed by atoms with Crippen molar-refractivity contribution < 1.29 is 5.21 Å². The minimum atomic E-state index is -0.0941. The van der Waals surface area contributed by atoms with Gasteiger partial charge in [0.1, 0.15) is 5.71 Å². The Morgan fingerprint density at radius 2 is 2.07 bits per heavy atom. The molecule has 74 valence electrons. The minimum Gasteiger partial charge on any atom is -0.411 e. The third-order valence-electron chi connectivity index (χ3n) is 2.53. The van der Waals surface area contributed by atoms with Crippen LogP contribution >= 0.6 is 11.8 Å². The number of rotatable bonds is 0. The van der Waals surface area contributed by atoms with E-state index in [9.17, 15) is 0 Å². The first kappa shape index (κ1) is 9.59. The van der Waals surface area contributed by atoms with Crippen molar-refractivity contribution in [1.82, 2.24) is 0 Å². The molecule has 3 heteroatoms. The van der Waals surface area contributed by atoms with Crippen LogP contribution in [0.4, 0.5) is 0 Å². The lowest BCUT2D eigenvalue weighted by Crippen LogP contribution is -2.33. The largest absolute Gasteiger partial charge is 0.411 e. The van der Waals surface area contributed by atoms with Gasteiger partial charge in [0.25, 0.3) is 0 Å². The molecule has 0 saturated heterocycles.